The number of benzene rings is 2. The Morgan fingerprint density at radius 2 is 1.59 bits per heavy atom. The molecule has 0 heterocycles. The topological polar surface area (TPSA) is 9.23 Å². The lowest BCUT2D eigenvalue weighted by Crippen LogP contribution is -2.29. The zero-order valence-electron chi connectivity index (χ0n) is 16.5. The summed E-state index contributed by atoms with van der Waals surface area (Å²) in [6, 6.07) is 12.4. The standard InChI is InChI=1S/C25H27F3O/c1-2-16-3-4-21-14-20(10-9-19(21)13-16)17-5-7-18(8-6-17)22-11-12-24(23(26)15-22)29-25(27)28/h2,5-8,11-12,15-16,19-21,25H,1,3-4,9-10,13-14H2. The van der Waals surface area contributed by atoms with E-state index in [0.29, 0.717) is 17.4 Å². The van der Waals surface area contributed by atoms with Crippen LogP contribution in [0.4, 0.5) is 13.2 Å². The summed E-state index contributed by atoms with van der Waals surface area (Å²) in [6.07, 6.45) is 9.78. The average molecular weight is 400 g/mol. The Bertz CT molecular complexity index is 846. The first-order valence-electron chi connectivity index (χ1n) is 10.5. The zero-order valence-corrected chi connectivity index (χ0v) is 16.5. The molecule has 2 aromatic carbocycles. The van der Waals surface area contributed by atoms with E-state index in [2.05, 4.69) is 29.5 Å². The van der Waals surface area contributed by atoms with Gasteiger partial charge in [0.1, 0.15) is 0 Å². The number of fused-ring (bicyclic) bond motifs is 1. The molecule has 1 nitrogen and oxygen atoms in total. The second kappa shape index (κ2) is 8.64. The molecule has 0 aliphatic heterocycles. The van der Waals surface area contributed by atoms with Gasteiger partial charge in [-0.15, -0.1) is 6.58 Å². The number of rotatable bonds is 5. The van der Waals surface area contributed by atoms with E-state index in [0.717, 1.165) is 17.4 Å². The maximum Gasteiger partial charge on any atom is 0.387 e. The summed E-state index contributed by atoms with van der Waals surface area (Å²) in [5.41, 5.74) is 2.87. The molecule has 0 aromatic heterocycles. The number of allylic oxidation sites excluding steroid dienone is 1. The van der Waals surface area contributed by atoms with Gasteiger partial charge in [0.25, 0.3) is 0 Å². The second-order valence-electron chi connectivity index (χ2n) is 8.48. The predicted octanol–water partition coefficient (Wildman–Crippen LogP) is 7.58. The Morgan fingerprint density at radius 3 is 2.28 bits per heavy atom. The van der Waals surface area contributed by atoms with Gasteiger partial charge in [-0.2, -0.15) is 8.78 Å². The van der Waals surface area contributed by atoms with Crippen molar-refractivity contribution in [2.24, 2.45) is 17.8 Å². The molecular formula is C25H27F3O. The van der Waals surface area contributed by atoms with Crippen LogP contribution in [0.5, 0.6) is 5.75 Å². The summed E-state index contributed by atoms with van der Waals surface area (Å²) in [4.78, 5) is 0. The van der Waals surface area contributed by atoms with Gasteiger partial charge in [0, 0.05) is 0 Å². The van der Waals surface area contributed by atoms with Gasteiger partial charge < -0.3 is 4.74 Å². The summed E-state index contributed by atoms with van der Waals surface area (Å²) in [5.74, 6) is 1.75. The van der Waals surface area contributed by atoms with E-state index in [-0.39, 0.29) is 0 Å². The molecule has 2 fully saturated rings. The molecule has 29 heavy (non-hydrogen) atoms. The van der Waals surface area contributed by atoms with Gasteiger partial charge >= 0.3 is 6.61 Å². The Balaban J connectivity index is 1.43. The number of alkyl halides is 2. The SMILES string of the molecule is C=CC1CCC2CC(c3ccc(-c4ccc(OC(F)F)c(F)c4)cc3)CCC2C1. The Hall–Kier alpha value is -2.23. The highest BCUT2D eigenvalue weighted by atomic mass is 19.3. The molecule has 2 aliphatic carbocycles. The number of halogens is 3. The van der Waals surface area contributed by atoms with Gasteiger partial charge in [0.05, 0.1) is 0 Å². The first-order chi connectivity index (χ1) is 14.0. The van der Waals surface area contributed by atoms with Gasteiger partial charge in [-0.25, -0.2) is 4.39 Å². The molecule has 4 rings (SSSR count). The third-order valence-electron chi connectivity index (χ3n) is 6.85. The fraction of sp³-hybridized carbons (Fsp3) is 0.440. The van der Waals surface area contributed by atoms with Crippen molar-refractivity contribution in [3.63, 3.8) is 0 Å². The van der Waals surface area contributed by atoms with Crippen molar-refractivity contribution in [2.45, 2.75) is 51.1 Å². The van der Waals surface area contributed by atoms with Crippen molar-refractivity contribution in [2.75, 3.05) is 0 Å². The summed E-state index contributed by atoms with van der Waals surface area (Å²) in [6.45, 7) is 0.946. The molecule has 4 unspecified atom stereocenters. The lowest BCUT2D eigenvalue weighted by molar-refractivity contribution is -0.0521. The van der Waals surface area contributed by atoms with Crippen molar-refractivity contribution < 1.29 is 17.9 Å². The first-order valence-corrected chi connectivity index (χ1v) is 10.5. The molecule has 154 valence electrons. The number of hydrogen-bond acceptors (Lipinski definition) is 1. The van der Waals surface area contributed by atoms with Crippen LogP contribution < -0.4 is 4.74 Å². The summed E-state index contributed by atoms with van der Waals surface area (Å²) >= 11 is 0. The third-order valence-corrected chi connectivity index (χ3v) is 6.85. The molecule has 2 saturated carbocycles. The zero-order chi connectivity index (χ0) is 20.4. The molecule has 0 spiro atoms. The Kier molecular flexibility index (Phi) is 5.98. The molecular weight excluding hydrogens is 373 g/mol. The minimum Gasteiger partial charge on any atom is -0.432 e. The van der Waals surface area contributed by atoms with E-state index in [1.807, 2.05) is 12.1 Å². The normalized spacial score (nSPS) is 26.8. The van der Waals surface area contributed by atoms with Crippen molar-refractivity contribution in [1.29, 1.82) is 0 Å². The number of ether oxygens (including phenoxy) is 1. The van der Waals surface area contributed by atoms with Crippen LogP contribution in [-0.4, -0.2) is 6.61 Å². The monoisotopic (exact) mass is 400 g/mol. The van der Waals surface area contributed by atoms with E-state index in [1.54, 1.807) is 6.07 Å². The van der Waals surface area contributed by atoms with E-state index in [1.165, 1.54) is 56.2 Å². The molecule has 4 atom stereocenters. The maximum absolute atomic E-state index is 14.0. The molecule has 0 N–H and O–H groups in total. The molecule has 0 amide bonds. The minimum atomic E-state index is -3.03. The second-order valence-corrected chi connectivity index (χ2v) is 8.48. The van der Waals surface area contributed by atoms with Gasteiger partial charge in [-0.3, -0.25) is 0 Å². The van der Waals surface area contributed by atoms with Crippen LogP contribution in [0.15, 0.2) is 55.1 Å². The van der Waals surface area contributed by atoms with Crippen LogP contribution in [-0.2, 0) is 0 Å². The van der Waals surface area contributed by atoms with Crippen LogP contribution in [0.3, 0.4) is 0 Å². The lowest BCUT2D eigenvalue weighted by Gasteiger charge is -2.41. The highest BCUT2D eigenvalue weighted by Gasteiger charge is 2.35. The maximum atomic E-state index is 14.0. The van der Waals surface area contributed by atoms with E-state index < -0.39 is 18.2 Å². The predicted molar refractivity (Wildman–Crippen MR) is 110 cm³/mol. The Morgan fingerprint density at radius 1 is 0.897 bits per heavy atom. The van der Waals surface area contributed by atoms with Crippen LogP contribution in [0, 0.1) is 23.6 Å². The Labute approximate surface area is 170 Å². The highest BCUT2D eigenvalue weighted by Crippen LogP contribution is 2.47. The summed E-state index contributed by atoms with van der Waals surface area (Å²) in [5, 5.41) is 0. The lowest BCUT2D eigenvalue weighted by atomic mass is 9.64. The molecule has 0 radical (unpaired) electrons. The van der Waals surface area contributed by atoms with E-state index in [4.69, 9.17) is 0 Å². The quantitative estimate of drug-likeness (QED) is 0.470. The van der Waals surface area contributed by atoms with Crippen LogP contribution in [0.2, 0.25) is 0 Å². The van der Waals surface area contributed by atoms with E-state index >= 15 is 0 Å². The van der Waals surface area contributed by atoms with Gasteiger partial charge in [-0.1, -0.05) is 36.4 Å². The largest absolute Gasteiger partial charge is 0.432 e. The minimum absolute atomic E-state index is 0.427. The molecule has 4 heteroatoms. The fourth-order valence-electron chi connectivity index (χ4n) is 5.26. The fourth-order valence-corrected chi connectivity index (χ4v) is 5.26. The van der Waals surface area contributed by atoms with Crippen LogP contribution in [0.25, 0.3) is 11.1 Å². The van der Waals surface area contributed by atoms with E-state index in [9.17, 15) is 13.2 Å². The van der Waals surface area contributed by atoms with Gasteiger partial charge in [-0.05, 0) is 91.0 Å². The third kappa shape index (κ3) is 4.52. The number of hydrogen-bond donors (Lipinski definition) is 0. The highest BCUT2D eigenvalue weighted by molar-refractivity contribution is 5.64. The summed E-state index contributed by atoms with van der Waals surface area (Å²) in [7, 11) is 0. The van der Waals surface area contributed by atoms with Crippen molar-refractivity contribution in [3.05, 3.63) is 66.5 Å². The first kappa shape index (κ1) is 20.1. The molecule has 0 bridgehead atoms. The van der Waals surface area contributed by atoms with Crippen LogP contribution in [0.1, 0.15) is 50.0 Å². The molecule has 0 saturated heterocycles. The molecule has 2 aliphatic rings. The van der Waals surface area contributed by atoms with Crippen molar-refractivity contribution in [1.82, 2.24) is 0 Å². The summed E-state index contributed by atoms with van der Waals surface area (Å²) < 4.78 is 42.8. The smallest absolute Gasteiger partial charge is 0.387 e. The van der Waals surface area contributed by atoms with Gasteiger partial charge in [0.2, 0.25) is 0 Å². The van der Waals surface area contributed by atoms with Crippen LogP contribution >= 0.6 is 0 Å². The van der Waals surface area contributed by atoms with Crippen molar-refractivity contribution >= 4 is 0 Å². The van der Waals surface area contributed by atoms with Gasteiger partial charge in [0.15, 0.2) is 11.6 Å². The average Bonchev–Trinajstić information content (AvgIpc) is 2.74. The van der Waals surface area contributed by atoms with Crippen molar-refractivity contribution in [3.8, 4) is 16.9 Å². The molecule has 2 aromatic rings.